The molecule has 3 N–H and O–H groups in total. The molecule has 70 valence electrons. The van der Waals surface area contributed by atoms with Gasteiger partial charge in [0, 0.05) is 0 Å². The third-order valence-corrected chi connectivity index (χ3v) is 0.612. The fraction of sp³-hybridized carbons (Fsp3) is 1.00. The van der Waals surface area contributed by atoms with E-state index in [1.54, 1.807) is 0 Å². The van der Waals surface area contributed by atoms with Gasteiger partial charge in [-0.15, -0.1) is 0 Å². The third-order valence-electron chi connectivity index (χ3n) is 0.612. The summed E-state index contributed by atoms with van der Waals surface area (Å²) in [6.45, 7) is 7.12. The van der Waals surface area contributed by atoms with Crippen molar-refractivity contribution in [1.29, 1.82) is 0 Å². The van der Waals surface area contributed by atoms with Gasteiger partial charge >= 0.3 is 0 Å². The van der Waals surface area contributed by atoms with Gasteiger partial charge in [0.25, 0.3) is 10.1 Å². The van der Waals surface area contributed by atoms with Crippen molar-refractivity contribution in [2.45, 2.75) is 20.8 Å². The summed E-state index contributed by atoms with van der Waals surface area (Å²) in [5, 5.41) is 0. The van der Waals surface area contributed by atoms with Crippen molar-refractivity contribution in [2.24, 2.45) is 11.1 Å². The van der Waals surface area contributed by atoms with Crippen molar-refractivity contribution in [2.75, 3.05) is 12.8 Å². The van der Waals surface area contributed by atoms with Gasteiger partial charge in [0.15, 0.2) is 0 Å². The first kappa shape index (κ1) is 13.5. The summed E-state index contributed by atoms with van der Waals surface area (Å²) in [6.07, 6.45) is 0.715. The van der Waals surface area contributed by atoms with Crippen molar-refractivity contribution < 1.29 is 13.0 Å². The first-order chi connectivity index (χ1) is 4.56. The first-order valence-electron chi connectivity index (χ1n) is 3.19. The molecule has 0 rings (SSSR count). The first-order valence-corrected chi connectivity index (χ1v) is 5.03. The van der Waals surface area contributed by atoms with E-state index in [1.165, 1.54) is 0 Å². The molecular formula is C6H17NO3S. The van der Waals surface area contributed by atoms with E-state index in [0.717, 1.165) is 6.54 Å². The number of hydrogen-bond acceptors (Lipinski definition) is 3. The monoisotopic (exact) mass is 183 g/mol. The van der Waals surface area contributed by atoms with E-state index in [1.807, 2.05) is 0 Å². The summed E-state index contributed by atoms with van der Waals surface area (Å²) in [4.78, 5) is 0. The van der Waals surface area contributed by atoms with Crippen LogP contribution in [0.15, 0.2) is 0 Å². The Kier molecular flexibility index (Phi) is 5.74. The Morgan fingerprint density at radius 3 is 1.45 bits per heavy atom. The minimum Gasteiger partial charge on any atom is -0.330 e. The second-order valence-corrected chi connectivity index (χ2v) is 4.96. The molecule has 5 heteroatoms. The molecule has 0 atom stereocenters. The van der Waals surface area contributed by atoms with Gasteiger partial charge in [-0.05, 0) is 12.0 Å². The minimum atomic E-state index is -3.67. The van der Waals surface area contributed by atoms with Crippen LogP contribution in [0.3, 0.4) is 0 Å². The molecule has 0 radical (unpaired) electrons. The highest BCUT2D eigenvalue weighted by Crippen LogP contribution is 2.07. The van der Waals surface area contributed by atoms with Crippen LogP contribution in [-0.4, -0.2) is 25.8 Å². The molecule has 0 unspecified atom stereocenters. The second kappa shape index (κ2) is 4.69. The highest BCUT2D eigenvalue weighted by molar-refractivity contribution is 7.85. The van der Waals surface area contributed by atoms with Crippen LogP contribution in [0.25, 0.3) is 0 Å². The minimum absolute atomic E-state index is 0.319. The molecule has 0 aromatic heterocycles. The lowest BCUT2D eigenvalue weighted by atomic mass is 9.98. The number of rotatable bonds is 0. The van der Waals surface area contributed by atoms with E-state index >= 15 is 0 Å². The maximum atomic E-state index is 9.19. The lowest BCUT2D eigenvalue weighted by molar-refractivity contribution is 0.428. The summed E-state index contributed by atoms with van der Waals surface area (Å²) in [5.74, 6) is 0. The Morgan fingerprint density at radius 1 is 1.36 bits per heavy atom. The van der Waals surface area contributed by atoms with Crippen LogP contribution in [0.4, 0.5) is 0 Å². The molecule has 0 aliphatic rings. The fourth-order valence-electron chi connectivity index (χ4n) is 0. The zero-order valence-electron chi connectivity index (χ0n) is 7.46. The Balaban J connectivity index is 0. The van der Waals surface area contributed by atoms with Crippen LogP contribution in [0, 0.1) is 5.41 Å². The molecule has 4 nitrogen and oxygen atoms in total. The molecule has 0 saturated carbocycles. The van der Waals surface area contributed by atoms with Crippen molar-refractivity contribution >= 4 is 10.1 Å². The molecule has 0 heterocycles. The molecular weight excluding hydrogens is 166 g/mol. The van der Waals surface area contributed by atoms with Crippen molar-refractivity contribution in [3.05, 3.63) is 0 Å². The van der Waals surface area contributed by atoms with E-state index < -0.39 is 10.1 Å². The van der Waals surface area contributed by atoms with Crippen molar-refractivity contribution in [3.63, 3.8) is 0 Å². The molecule has 0 amide bonds. The van der Waals surface area contributed by atoms with E-state index in [4.69, 9.17) is 10.3 Å². The van der Waals surface area contributed by atoms with Crippen molar-refractivity contribution in [3.8, 4) is 0 Å². The predicted molar refractivity (Wildman–Crippen MR) is 46.0 cm³/mol. The predicted octanol–water partition coefficient (Wildman–Crippen LogP) is 0.495. The number of hydrogen-bond donors (Lipinski definition) is 2. The molecule has 0 bridgehead atoms. The van der Waals surface area contributed by atoms with Gasteiger partial charge in [-0.2, -0.15) is 8.42 Å². The van der Waals surface area contributed by atoms with Crippen LogP contribution in [0.5, 0.6) is 0 Å². The van der Waals surface area contributed by atoms with Crippen molar-refractivity contribution in [1.82, 2.24) is 0 Å². The van der Waals surface area contributed by atoms with Crippen LogP contribution < -0.4 is 5.73 Å². The normalized spacial score (nSPS) is 11.8. The third kappa shape index (κ3) is 74.2. The van der Waals surface area contributed by atoms with E-state index in [2.05, 4.69) is 20.8 Å². The average Bonchev–Trinajstić information content (AvgIpc) is 1.59. The van der Waals surface area contributed by atoms with Gasteiger partial charge in [-0.25, -0.2) is 0 Å². The Bertz CT molecular complexity index is 170. The smallest absolute Gasteiger partial charge is 0.261 e. The quantitative estimate of drug-likeness (QED) is 0.536. The molecule has 0 spiro atoms. The molecule has 0 aliphatic heterocycles. The molecule has 0 aliphatic carbocycles. The fourth-order valence-corrected chi connectivity index (χ4v) is 0. The molecule has 0 aromatic carbocycles. The van der Waals surface area contributed by atoms with E-state index in [9.17, 15) is 8.42 Å². The Hall–Kier alpha value is -0.130. The lowest BCUT2D eigenvalue weighted by Crippen LogP contribution is -2.18. The van der Waals surface area contributed by atoms with E-state index in [-0.39, 0.29) is 0 Å². The summed E-state index contributed by atoms with van der Waals surface area (Å²) < 4.78 is 25.9. The van der Waals surface area contributed by atoms with Gasteiger partial charge in [0.2, 0.25) is 0 Å². The van der Waals surface area contributed by atoms with Gasteiger partial charge < -0.3 is 5.73 Å². The maximum Gasteiger partial charge on any atom is 0.261 e. The van der Waals surface area contributed by atoms with Gasteiger partial charge in [0.1, 0.15) is 0 Å². The van der Waals surface area contributed by atoms with Gasteiger partial charge in [-0.3, -0.25) is 4.55 Å². The topological polar surface area (TPSA) is 80.4 Å². The summed E-state index contributed by atoms with van der Waals surface area (Å²) in [5.41, 5.74) is 5.62. The lowest BCUT2D eigenvalue weighted by Gasteiger charge is -2.12. The maximum absolute atomic E-state index is 9.19. The van der Waals surface area contributed by atoms with Gasteiger partial charge in [-0.1, -0.05) is 20.8 Å². The van der Waals surface area contributed by atoms with Crippen LogP contribution in [0.2, 0.25) is 0 Å². The standard InChI is InChI=1S/C5H13N.CH4O3S/c1-5(2,3)4-6;1-5(2,3)4/h4,6H2,1-3H3;1H3,(H,2,3,4). The Labute approximate surface area is 68.5 Å². The summed E-state index contributed by atoms with van der Waals surface area (Å²) >= 11 is 0. The zero-order valence-corrected chi connectivity index (χ0v) is 8.27. The molecule has 0 saturated heterocycles. The van der Waals surface area contributed by atoms with Crippen LogP contribution in [0.1, 0.15) is 20.8 Å². The SMILES string of the molecule is CC(C)(C)CN.CS(=O)(=O)O. The van der Waals surface area contributed by atoms with Crippen LogP contribution >= 0.6 is 0 Å². The number of nitrogens with two attached hydrogens (primary N) is 1. The average molecular weight is 183 g/mol. The Morgan fingerprint density at radius 2 is 1.45 bits per heavy atom. The summed E-state index contributed by atoms with van der Waals surface area (Å²) in [6, 6.07) is 0. The highest BCUT2D eigenvalue weighted by Gasteiger charge is 2.03. The molecule has 0 fully saturated rings. The largest absolute Gasteiger partial charge is 0.330 e. The highest BCUT2D eigenvalue weighted by atomic mass is 32.2. The van der Waals surface area contributed by atoms with E-state index in [0.29, 0.717) is 11.7 Å². The van der Waals surface area contributed by atoms with Gasteiger partial charge in [0.05, 0.1) is 6.26 Å². The zero-order chi connectivity index (χ0) is 9.71. The summed E-state index contributed by atoms with van der Waals surface area (Å²) in [7, 11) is -3.67. The molecule has 11 heavy (non-hydrogen) atoms. The second-order valence-electron chi connectivity index (χ2n) is 3.50. The molecule has 0 aromatic rings. The van der Waals surface area contributed by atoms with Crippen LogP contribution in [-0.2, 0) is 10.1 Å².